The monoisotopic (exact) mass is 1150 g/mol. The van der Waals surface area contributed by atoms with Crippen molar-refractivity contribution in [1.82, 2.24) is 5.32 Å². The van der Waals surface area contributed by atoms with Crippen LogP contribution in [0.15, 0.2) is 72.9 Å². The Labute approximate surface area is 502 Å². The Hall–Kier alpha value is -2.90. The van der Waals surface area contributed by atoms with E-state index < -0.39 is 67.4 Å². The highest BCUT2D eigenvalue weighted by molar-refractivity contribution is 5.80. The van der Waals surface area contributed by atoms with E-state index in [4.69, 9.17) is 14.2 Å². The van der Waals surface area contributed by atoms with Gasteiger partial charge in [-0.3, -0.25) is 9.59 Å². The van der Waals surface area contributed by atoms with Crippen LogP contribution in [0.3, 0.4) is 0 Å². The number of amides is 1. The number of ether oxygens (including phenoxy) is 3. The van der Waals surface area contributed by atoms with Crippen LogP contribution in [-0.2, 0) is 23.8 Å². The molecule has 0 bridgehead atoms. The van der Waals surface area contributed by atoms with Crippen molar-refractivity contribution in [3.63, 3.8) is 0 Å². The lowest BCUT2D eigenvalue weighted by Gasteiger charge is -2.41. The largest absolute Gasteiger partial charge is 0.454 e. The second-order valence-electron chi connectivity index (χ2n) is 23.5. The van der Waals surface area contributed by atoms with E-state index in [0.717, 1.165) is 96.3 Å². The topological polar surface area (TPSA) is 175 Å². The number of carbonyl (C=O) groups excluding carboxylic acids is 2. The zero-order chi connectivity index (χ0) is 59.6. The van der Waals surface area contributed by atoms with E-state index in [1.54, 1.807) is 6.08 Å². The fourth-order valence-electron chi connectivity index (χ4n) is 10.5. The molecule has 1 heterocycles. The number of hydrogen-bond acceptors (Lipinski definition) is 10. The zero-order valence-electron chi connectivity index (χ0n) is 52.9. The normalized spacial score (nSPS) is 19.0. The molecule has 1 aliphatic rings. The van der Waals surface area contributed by atoms with Gasteiger partial charge in [0.2, 0.25) is 5.91 Å². The van der Waals surface area contributed by atoms with Crippen molar-refractivity contribution in [2.45, 2.75) is 352 Å². The molecule has 1 fully saturated rings. The Morgan fingerprint density at radius 3 is 1.32 bits per heavy atom. The molecule has 476 valence electrons. The van der Waals surface area contributed by atoms with E-state index in [-0.39, 0.29) is 19.4 Å². The van der Waals surface area contributed by atoms with E-state index in [2.05, 4.69) is 86.8 Å². The van der Waals surface area contributed by atoms with Crippen molar-refractivity contribution in [2.24, 2.45) is 0 Å². The minimum absolute atomic E-state index is 0.126. The van der Waals surface area contributed by atoms with Gasteiger partial charge in [-0.25, -0.2) is 0 Å². The quantitative estimate of drug-likeness (QED) is 0.0195. The molecule has 0 aliphatic carbocycles. The molecule has 0 aromatic heterocycles. The van der Waals surface area contributed by atoms with Gasteiger partial charge in [0.05, 0.1) is 25.4 Å². The summed E-state index contributed by atoms with van der Waals surface area (Å²) >= 11 is 0. The van der Waals surface area contributed by atoms with Crippen LogP contribution in [0.2, 0.25) is 0 Å². The third-order valence-corrected chi connectivity index (χ3v) is 15.9. The van der Waals surface area contributed by atoms with Gasteiger partial charge in [0.15, 0.2) is 12.4 Å². The van der Waals surface area contributed by atoms with Gasteiger partial charge in [0.25, 0.3) is 0 Å². The van der Waals surface area contributed by atoms with Crippen molar-refractivity contribution in [1.29, 1.82) is 0 Å². The molecule has 1 rings (SSSR count). The highest BCUT2D eigenvalue weighted by Gasteiger charge is 2.47. The average molecular weight is 1150 g/mol. The third kappa shape index (κ3) is 45.5. The second-order valence-corrected chi connectivity index (χ2v) is 23.5. The molecular formula is C71H127NO10. The van der Waals surface area contributed by atoms with Crippen LogP contribution in [0.4, 0.5) is 0 Å². The van der Waals surface area contributed by atoms with Gasteiger partial charge in [0, 0.05) is 6.42 Å². The molecule has 0 aromatic carbocycles. The van der Waals surface area contributed by atoms with Gasteiger partial charge in [-0.1, -0.05) is 299 Å². The Kier molecular flexibility index (Phi) is 55.0. The average Bonchev–Trinajstić information content (AvgIpc) is 3.68. The lowest BCUT2D eigenvalue weighted by atomic mass is 9.99. The minimum Gasteiger partial charge on any atom is -0.454 e. The summed E-state index contributed by atoms with van der Waals surface area (Å²) < 4.78 is 17.7. The molecule has 8 atom stereocenters. The molecule has 6 N–H and O–H groups in total. The maximum absolute atomic E-state index is 13.5. The second kappa shape index (κ2) is 58.5. The molecular weight excluding hydrogens is 1030 g/mol. The number of aliphatic hydroxyl groups excluding tert-OH is 5. The first-order chi connectivity index (χ1) is 40.2. The van der Waals surface area contributed by atoms with Gasteiger partial charge < -0.3 is 45.1 Å². The van der Waals surface area contributed by atoms with E-state index in [0.29, 0.717) is 12.8 Å². The van der Waals surface area contributed by atoms with Crippen LogP contribution in [0, 0.1) is 0 Å². The fraction of sp³-hybridized carbons (Fsp3) is 0.803. The molecule has 1 saturated heterocycles. The van der Waals surface area contributed by atoms with E-state index in [1.807, 2.05) is 6.08 Å². The number of nitrogens with one attached hydrogen (secondary N) is 1. The van der Waals surface area contributed by atoms with Crippen molar-refractivity contribution in [3.8, 4) is 0 Å². The molecule has 8 unspecified atom stereocenters. The summed E-state index contributed by atoms with van der Waals surface area (Å²) in [5.41, 5.74) is 0. The summed E-state index contributed by atoms with van der Waals surface area (Å²) in [5.74, 6) is -1.19. The first-order valence-electron chi connectivity index (χ1n) is 34.2. The number of rotatable bonds is 58. The van der Waals surface area contributed by atoms with E-state index >= 15 is 0 Å². The Morgan fingerprint density at radius 2 is 0.878 bits per heavy atom. The third-order valence-electron chi connectivity index (χ3n) is 15.9. The first-order valence-corrected chi connectivity index (χ1v) is 34.2. The molecule has 0 aromatic rings. The predicted molar refractivity (Wildman–Crippen MR) is 343 cm³/mol. The molecule has 1 amide bonds. The summed E-state index contributed by atoms with van der Waals surface area (Å²) in [6.07, 6.45) is 65.1. The molecule has 1 aliphatic heterocycles. The lowest BCUT2D eigenvalue weighted by Crippen LogP contribution is -2.61. The van der Waals surface area contributed by atoms with Crippen LogP contribution >= 0.6 is 0 Å². The maximum atomic E-state index is 13.5. The first kappa shape index (κ1) is 77.1. The van der Waals surface area contributed by atoms with Crippen molar-refractivity contribution in [2.75, 3.05) is 13.2 Å². The van der Waals surface area contributed by atoms with Crippen LogP contribution in [0.5, 0.6) is 0 Å². The van der Waals surface area contributed by atoms with Gasteiger partial charge in [0.1, 0.15) is 24.4 Å². The Balaban J connectivity index is 2.58. The van der Waals surface area contributed by atoms with Gasteiger partial charge in [-0.05, 0) is 70.6 Å². The standard InChI is InChI=1S/C71H127NO10/c1-4-7-10-13-16-19-22-25-27-28-29-30-31-32-33-34-35-36-37-39-40-43-46-49-52-55-58-64(75)70(79)72-62(63(74)57-54-51-48-45-42-24-21-18-15-12-9-6-3)61-80-71-69(68(78)67(77)65(60-73)81-71)82-66(76)59-56-53-50-47-44-41-38-26-23-20-17-14-11-8-5-2/h7,10,16,19,25,27,29-30,32-33,54,57,62-65,67-69,71,73-75,77-78H,4-6,8-9,11-15,17-18,20-24,26,28,31,34-53,55-56,58-61H2,1-3H3,(H,72,79)/b10-7-,19-16-,27-25-,30-29-,33-32-,57-54+. The summed E-state index contributed by atoms with van der Waals surface area (Å²) in [5, 5.41) is 57.1. The van der Waals surface area contributed by atoms with Crippen LogP contribution in [0.25, 0.3) is 0 Å². The fourth-order valence-corrected chi connectivity index (χ4v) is 10.5. The van der Waals surface area contributed by atoms with Crippen molar-refractivity contribution < 1.29 is 49.3 Å². The van der Waals surface area contributed by atoms with E-state index in [1.165, 1.54) is 161 Å². The lowest BCUT2D eigenvalue weighted by molar-refractivity contribution is -0.305. The van der Waals surface area contributed by atoms with Crippen LogP contribution < -0.4 is 5.32 Å². The number of allylic oxidation sites excluding steroid dienone is 11. The number of carbonyl (C=O) groups is 2. The Bertz CT molecular complexity index is 1610. The van der Waals surface area contributed by atoms with Gasteiger partial charge >= 0.3 is 5.97 Å². The molecule has 11 nitrogen and oxygen atoms in total. The number of esters is 1. The number of hydrogen-bond donors (Lipinski definition) is 6. The number of unbranched alkanes of at least 4 members (excludes halogenated alkanes) is 34. The molecule has 82 heavy (non-hydrogen) atoms. The van der Waals surface area contributed by atoms with Gasteiger partial charge in [-0.2, -0.15) is 0 Å². The maximum Gasteiger partial charge on any atom is 0.306 e. The number of aliphatic hydroxyl groups is 5. The molecule has 0 saturated carbocycles. The zero-order valence-corrected chi connectivity index (χ0v) is 52.9. The van der Waals surface area contributed by atoms with Crippen LogP contribution in [-0.4, -0.2) is 99.6 Å². The highest BCUT2D eigenvalue weighted by Crippen LogP contribution is 2.26. The molecule has 0 radical (unpaired) electrons. The summed E-state index contributed by atoms with van der Waals surface area (Å²) in [7, 11) is 0. The summed E-state index contributed by atoms with van der Waals surface area (Å²) in [6, 6.07) is -1.03. The predicted octanol–water partition coefficient (Wildman–Crippen LogP) is 17.1. The van der Waals surface area contributed by atoms with Crippen molar-refractivity contribution in [3.05, 3.63) is 72.9 Å². The van der Waals surface area contributed by atoms with Crippen molar-refractivity contribution >= 4 is 11.9 Å². The smallest absolute Gasteiger partial charge is 0.306 e. The summed E-state index contributed by atoms with van der Waals surface area (Å²) in [6.45, 7) is 5.70. The Morgan fingerprint density at radius 1 is 0.488 bits per heavy atom. The van der Waals surface area contributed by atoms with Gasteiger partial charge in [-0.15, -0.1) is 0 Å². The summed E-state index contributed by atoms with van der Waals surface area (Å²) in [4.78, 5) is 26.6. The molecule has 0 spiro atoms. The van der Waals surface area contributed by atoms with Crippen LogP contribution in [0.1, 0.15) is 303 Å². The van der Waals surface area contributed by atoms with E-state index in [9.17, 15) is 35.1 Å². The SMILES string of the molecule is CC/C=C\C/C=C\C/C=C\C/C=C\C/C=C\CCCCCCCCCCCCC(O)C(=O)NC(COC1OC(CO)C(O)C(O)C1OC(=O)CCCCCCCCCCCCCCCCC)C(O)/C=C/CCCCCCCCCCCC. The molecule has 11 heteroatoms. The minimum atomic E-state index is -1.61. The highest BCUT2D eigenvalue weighted by atomic mass is 16.7.